The van der Waals surface area contributed by atoms with Gasteiger partial charge in [-0.15, -0.1) is 0 Å². The van der Waals surface area contributed by atoms with Crippen LogP contribution in [0.4, 0.5) is 13.2 Å². The number of hydrogen-bond donors (Lipinski definition) is 1. The molecule has 2 nitrogen and oxygen atoms in total. The largest absolute Gasteiger partial charge is 0.493 e. The minimum absolute atomic E-state index is 0.0825. The summed E-state index contributed by atoms with van der Waals surface area (Å²) < 4.78 is 48.1. The summed E-state index contributed by atoms with van der Waals surface area (Å²) in [5, 5.41) is 0. The van der Waals surface area contributed by atoms with Gasteiger partial charge in [0.05, 0.1) is 14.2 Å². The molecule has 6 heteroatoms. The Labute approximate surface area is 103 Å². The number of hydrogen-bond acceptors (Lipinski definition) is 3. The van der Waals surface area contributed by atoms with Gasteiger partial charge in [-0.3, -0.25) is 0 Å². The molecule has 0 bridgehead atoms. The topological polar surface area (TPSA) is 18.5 Å². The van der Waals surface area contributed by atoms with Crippen molar-refractivity contribution in [2.24, 2.45) is 0 Å². The van der Waals surface area contributed by atoms with Crippen LogP contribution in [0.25, 0.3) is 0 Å². The highest BCUT2D eigenvalue weighted by Crippen LogP contribution is 2.42. The number of benzene rings is 1. The van der Waals surface area contributed by atoms with Gasteiger partial charge >= 0.3 is 6.18 Å². The SMILES string of the molecule is COc1cc(CCS)cc(C(F)(F)F)c1OC. The summed E-state index contributed by atoms with van der Waals surface area (Å²) >= 11 is 4.00. The van der Waals surface area contributed by atoms with Gasteiger partial charge in [0, 0.05) is 0 Å². The maximum Gasteiger partial charge on any atom is 0.420 e. The van der Waals surface area contributed by atoms with Crippen LogP contribution in [-0.2, 0) is 12.6 Å². The highest BCUT2D eigenvalue weighted by Gasteiger charge is 2.36. The summed E-state index contributed by atoms with van der Waals surface area (Å²) in [6.07, 6.45) is -4.03. The molecular formula is C11H13F3O2S. The fourth-order valence-electron chi connectivity index (χ4n) is 1.51. The monoisotopic (exact) mass is 266 g/mol. The molecule has 0 saturated heterocycles. The molecule has 0 saturated carbocycles. The third-order valence-corrected chi connectivity index (χ3v) is 2.47. The molecule has 0 N–H and O–H groups in total. The average molecular weight is 266 g/mol. The van der Waals surface area contributed by atoms with Gasteiger partial charge in [-0.25, -0.2) is 0 Å². The third kappa shape index (κ3) is 3.21. The second kappa shape index (κ2) is 5.53. The summed E-state index contributed by atoms with van der Waals surface area (Å²) in [5.74, 6) is 0.259. The lowest BCUT2D eigenvalue weighted by atomic mass is 10.1. The highest BCUT2D eigenvalue weighted by atomic mass is 32.1. The van der Waals surface area contributed by atoms with Gasteiger partial charge < -0.3 is 9.47 Å². The van der Waals surface area contributed by atoms with E-state index in [0.29, 0.717) is 17.7 Å². The number of thiol groups is 1. The molecule has 0 aliphatic carbocycles. The Balaban J connectivity index is 3.37. The van der Waals surface area contributed by atoms with E-state index < -0.39 is 11.7 Å². The standard InChI is InChI=1S/C11H13F3O2S/c1-15-9-6-7(3-4-17)5-8(10(9)16-2)11(12,13)14/h5-6,17H,3-4H2,1-2H3. The van der Waals surface area contributed by atoms with E-state index in [1.165, 1.54) is 20.3 Å². The molecule has 0 fully saturated rings. The Hall–Kier alpha value is -1.04. The van der Waals surface area contributed by atoms with Gasteiger partial charge in [0.15, 0.2) is 11.5 Å². The molecule has 0 aliphatic rings. The van der Waals surface area contributed by atoms with Crippen LogP contribution in [0.1, 0.15) is 11.1 Å². The van der Waals surface area contributed by atoms with Crippen LogP contribution in [-0.4, -0.2) is 20.0 Å². The number of rotatable bonds is 4. The summed E-state index contributed by atoms with van der Waals surface area (Å²) in [5.41, 5.74) is -0.305. The van der Waals surface area contributed by atoms with Gasteiger partial charge in [-0.05, 0) is 29.9 Å². The predicted molar refractivity (Wildman–Crippen MR) is 62.1 cm³/mol. The molecular weight excluding hydrogens is 253 g/mol. The van der Waals surface area contributed by atoms with Crippen LogP contribution in [0.15, 0.2) is 12.1 Å². The molecule has 0 radical (unpaired) electrons. The van der Waals surface area contributed by atoms with Crippen LogP contribution in [0.2, 0.25) is 0 Å². The minimum atomic E-state index is -4.47. The van der Waals surface area contributed by atoms with Gasteiger partial charge in [0.25, 0.3) is 0 Å². The van der Waals surface area contributed by atoms with Crippen molar-refractivity contribution >= 4 is 12.6 Å². The van der Waals surface area contributed by atoms with E-state index in [4.69, 9.17) is 9.47 Å². The third-order valence-electron chi connectivity index (χ3n) is 2.24. The van der Waals surface area contributed by atoms with Crippen molar-refractivity contribution in [3.63, 3.8) is 0 Å². The molecule has 96 valence electrons. The molecule has 0 heterocycles. The van der Waals surface area contributed by atoms with Crippen molar-refractivity contribution in [1.29, 1.82) is 0 Å². The highest BCUT2D eigenvalue weighted by molar-refractivity contribution is 7.80. The molecule has 1 aromatic carbocycles. The fourth-order valence-corrected chi connectivity index (χ4v) is 1.76. The lowest BCUT2D eigenvalue weighted by molar-refractivity contribution is -0.138. The van der Waals surface area contributed by atoms with Crippen LogP contribution in [0.3, 0.4) is 0 Å². The van der Waals surface area contributed by atoms with Gasteiger partial charge in [-0.1, -0.05) is 0 Å². The van der Waals surface area contributed by atoms with E-state index >= 15 is 0 Å². The number of alkyl halides is 3. The number of halogens is 3. The van der Waals surface area contributed by atoms with E-state index in [1.807, 2.05) is 0 Å². The Bertz CT molecular complexity index is 391. The molecule has 0 spiro atoms. The van der Waals surface area contributed by atoms with Crippen molar-refractivity contribution in [1.82, 2.24) is 0 Å². The molecule has 0 aromatic heterocycles. The number of methoxy groups -OCH3 is 2. The molecule has 0 aliphatic heterocycles. The molecule has 0 amide bonds. The zero-order valence-corrected chi connectivity index (χ0v) is 10.4. The van der Waals surface area contributed by atoms with Crippen LogP contribution >= 0.6 is 12.6 Å². The second-order valence-electron chi connectivity index (χ2n) is 3.35. The van der Waals surface area contributed by atoms with Crippen LogP contribution in [0.5, 0.6) is 11.5 Å². The van der Waals surface area contributed by atoms with Crippen molar-refractivity contribution in [2.75, 3.05) is 20.0 Å². The second-order valence-corrected chi connectivity index (χ2v) is 3.80. The van der Waals surface area contributed by atoms with E-state index in [2.05, 4.69) is 12.6 Å². The first kappa shape index (κ1) is 14.0. The van der Waals surface area contributed by atoms with Crippen molar-refractivity contribution in [3.8, 4) is 11.5 Å². The zero-order chi connectivity index (χ0) is 13.1. The Morgan fingerprint density at radius 1 is 1.18 bits per heavy atom. The lowest BCUT2D eigenvalue weighted by Gasteiger charge is -2.16. The van der Waals surface area contributed by atoms with Crippen molar-refractivity contribution in [2.45, 2.75) is 12.6 Å². The molecule has 0 unspecified atom stereocenters. The summed E-state index contributed by atoms with van der Waals surface area (Å²) in [6, 6.07) is 2.60. The van der Waals surface area contributed by atoms with Crippen LogP contribution in [0, 0.1) is 0 Å². The average Bonchev–Trinajstić information content (AvgIpc) is 2.27. The normalized spacial score (nSPS) is 11.4. The van der Waals surface area contributed by atoms with Crippen LogP contribution < -0.4 is 9.47 Å². The molecule has 1 aromatic rings. The molecule has 0 atom stereocenters. The molecule has 17 heavy (non-hydrogen) atoms. The zero-order valence-electron chi connectivity index (χ0n) is 9.47. The Morgan fingerprint density at radius 2 is 1.82 bits per heavy atom. The van der Waals surface area contributed by atoms with Crippen molar-refractivity contribution < 1.29 is 22.6 Å². The minimum Gasteiger partial charge on any atom is -0.493 e. The predicted octanol–water partition coefficient (Wildman–Crippen LogP) is 3.19. The van der Waals surface area contributed by atoms with E-state index in [0.717, 1.165) is 6.07 Å². The Kier molecular flexibility index (Phi) is 4.56. The smallest absolute Gasteiger partial charge is 0.420 e. The lowest BCUT2D eigenvalue weighted by Crippen LogP contribution is -2.09. The first-order valence-corrected chi connectivity index (χ1v) is 5.50. The first-order chi connectivity index (χ1) is 7.93. The maximum absolute atomic E-state index is 12.8. The molecule has 1 rings (SSSR count). The van der Waals surface area contributed by atoms with Gasteiger partial charge in [0.1, 0.15) is 5.56 Å². The quantitative estimate of drug-likeness (QED) is 0.844. The Morgan fingerprint density at radius 3 is 2.24 bits per heavy atom. The maximum atomic E-state index is 12.8. The van der Waals surface area contributed by atoms with Crippen molar-refractivity contribution in [3.05, 3.63) is 23.3 Å². The summed E-state index contributed by atoms with van der Waals surface area (Å²) in [7, 11) is 2.49. The first-order valence-electron chi connectivity index (χ1n) is 4.87. The van der Waals surface area contributed by atoms with Gasteiger partial charge in [-0.2, -0.15) is 25.8 Å². The van der Waals surface area contributed by atoms with E-state index in [9.17, 15) is 13.2 Å². The summed E-state index contributed by atoms with van der Waals surface area (Å²) in [4.78, 5) is 0. The fraction of sp³-hybridized carbons (Fsp3) is 0.455. The van der Waals surface area contributed by atoms with E-state index in [-0.39, 0.29) is 11.5 Å². The van der Waals surface area contributed by atoms with Gasteiger partial charge in [0.2, 0.25) is 0 Å². The number of ether oxygens (including phenoxy) is 2. The van der Waals surface area contributed by atoms with E-state index in [1.54, 1.807) is 0 Å². The summed E-state index contributed by atoms with van der Waals surface area (Å²) in [6.45, 7) is 0. The number of aryl methyl sites for hydroxylation is 1.